The third kappa shape index (κ3) is 4.72. The van der Waals surface area contributed by atoms with E-state index in [4.69, 9.17) is 4.74 Å². The lowest BCUT2D eigenvalue weighted by Crippen LogP contribution is -2.48. The van der Waals surface area contributed by atoms with Gasteiger partial charge in [-0.1, -0.05) is 6.07 Å². The number of carbonyl (C=O) groups excluding carboxylic acids is 1. The largest absolute Gasteiger partial charge is 0.480 e. The number of aryl methyl sites for hydroxylation is 1. The highest BCUT2D eigenvalue weighted by atomic mass is 79.9. The molecule has 0 aliphatic carbocycles. The molecule has 1 atom stereocenters. The van der Waals surface area contributed by atoms with Crippen molar-refractivity contribution in [3.63, 3.8) is 0 Å². The van der Waals surface area contributed by atoms with Gasteiger partial charge in [0.25, 0.3) is 5.91 Å². The molecule has 1 aliphatic heterocycles. The Morgan fingerprint density at radius 3 is 2.65 bits per heavy atom. The van der Waals surface area contributed by atoms with Gasteiger partial charge in [0.1, 0.15) is 5.75 Å². The van der Waals surface area contributed by atoms with E-state index in [1.807, 2.05) is 31.2 Å². The molecule has 0 spiro atoms. The summed E-state index contributed by atoms with van der Waals surface area (Å²) < 4.78 is 6.66. The van der Waals surface area contributed by atoms with Crippen molar-refractivity contribution >= 4 is 27.8 Å². The summed E-state index contributed by atoms with van der Waals surface area (Å²) in [4.78, 5) is 23.2. The van der Waals surface area contributed by atoms with Gasteiger partial charge >= 0.3 is 0 Å². The summed E-state index contributed by atoms with van der Waals surface area (Å²) in [5.74, 6) is 1.33. The third-order valence-electron chi connectivity index (χ3n) is 4.44. The fraction of sp³-hybridized carbons (Fsp3) is 0.421. The minimum Gasteiger partial charge on any atom is -0.480 e. The van der Waals surface area contributed by atoms with Crippen LogP contribution in [0.15, 0.2) is 41.1 Å². The fourth-order valence-electron chi connectivity index (χ4n) is 2.94. The fourth-order valence-corrected chi connectivity index (χ4v) is 3.53. The number of anilines is 1. The number of hydrogen-bond acceptors (Lipinski definition) is 5. The topological polar surface area (TPSA) is 67.3 Å². The normalized spacial score (nSPS) is 16.2. The van der Waals surface area contributed by atoms with Crippen LogP contribution < -0.4 is 15.0 Å². The summed E-state index contributed by atoms with van der Waals surface area (Å²) in [5.41, 5.74) is 1.13. The molecular formula is C19H23BrN4O2. The molecule has 1 N–H and O–H groups in total. The van der Waals surface area contributed by atoms with E-state index in [0.717, 1.165) is 41.9 Å². The van der Waals surface area contributed by atoms with E-state index in [1.165, 1.54) is 0 Å². The van der Waals surface area contributed by atoms with Gasteiger partial charge in [0.05, 0.1) is 4.47 Å². The van der Waals surface area contributed by atoms with Gasteiger partial charge in [-0.05, 0) is 66.4 Å². The highest BCUT2D eigenvalue weighted by Crippen LogP contribution is 2.26. The molecular weight excluding hydrogens is 396 g/mol. The van der Waals surface area contributed by atoms with Crippen LogP contribution in [-0.2, 0) is 4.79 Å². The van der Waals surface area contributed by atoms with Gasteiger partial charge in [-0.3, -0.25) is 4.79 Å². The zero-order chi connectivity index (χ0) is 18.5. The standard InChI is InChI=1S/C19H23BrN4O2/c1-13-4-5-17(16(20)12-13)26-14(2)18(25)23-15-6-10-24(11-7-15)19-21-8-3-9-22-19/h3-5,8-9,12,14-15H,6-7,10-11H2,1-2H3,(H,23,25). The van der Waals surface area contributed by atoms with Crippen molar-refractivity contribution in [1.82, 2.24) is 15.3 Å². The summed E-state index contributed by atoms with van der Waals surface area (Å²) in [7, 11) is 0. The monoisotopic (exact) mass is 418 g/mol. The predicted octanol–water partition coefficient (Wildman–Crippen LogP) is 3.10. The van der Waals surface area contributed by atoms with Crippen LogP contribution in [0.3, 0.4) is 0 Å². The molecule has 0 radical (unpaired) electrons. The Bertz CT molecular complexity index is 748. The number of aromatic nitrogens is 2. The number of nitrogens with one attached hydrogen (secondary N) is 1. The van der Waals surface area contributed by atoms with Crippen molar-refractivity contribution < 1.29 is 9.53 Å². The van der Waals surface area contributed by atoms with Crippen molar-refractivity contribution in [2.45, 2.75) is 38.8 Å². The molecule has 1 aliphatic rings. The lowest BCUT2D eigenvalue weighted by molar-refractivity contribution is -0.128. The van der Waals surface area contributed by atoms with Crippen LogP contribution in [-0.4, -0.2) is 41.1 Å². The molecule has 1 saturated heterocycles. The number of ether oxygens (including phenoxy) is 1. The molecule has 0 saturated carbocycles. The molecule has 2 aromatic rings. The molecule has 0 bridgehead atoms. The van der Waals surface area contributed by atoms with Crippen molar-refractivity contribution in [3.8, 4) is 5.75 Å². The molecule has 7 heteroatoms. The second-order valence-electron chi connectivity index (χ2n) is 6.51. The van der Waals surface area contributed by atoms with Gasteiger partial charge < -0.3 is 15.0 Å². The van der Waals surface area contributed by atoms with E-state index in [0.29, 0.717) is 5.75 Å². The number of rotatable bonds is 5. The quantitative estimate of drug-likeness (QED) is 0.807. The number of hydrogen-bond donors (Lipinski definition) is 1. The summed E-state index contributed by atoms with van der Waals surface area (Å²) in [6.07, 6.45) is 4.68. The van der Waals surface area contributed by atoms with Crippen LogP contribution in [0.25, 0.3) is 0 Å². The predicted molar refractivity (Wildman–Crippen MR) is 104 cm³/mol. The van der Waals surface area contributed by atoms with E-state index in [2.05, 4.69) is 36.1 Å². The van der Waals surface area contributed by atoms with Crippen LogP contribution in [0.2, 0.25) is 0 Å². The van der Waals surface area contributed by atoms with E-state index in [1.54, 1.807) is 19.3 Å². The lowest BCUT2D eigenvalue weighted by Gasteiger charge is -2.32. The van der Waals surface area contributed by atoms with Crippen LogP contribution in [0.1, 0.15) is 25.3 Å². The minimum atomic E-state index is -0.551. The van der Waals surface area contributed by atoms with Crippen LogP contribution in [0.5, 0.6) is 5.75 Å². The number of amides is 1. The van der Waals surface area contributed by atoms with Crippen LogP contribution in [0, 0.1) is 6.92 Å². The summed E-state index contributed by atoms with van der Waals surface area (Å²) in [6.45, 7) is 5.44. The van der Waals surface area contributed by atoms with Crippen molar-refractivity contribution in [2.75, 3.05) is 18.0 Å². The third-order valence-corrected chi connectivity index (χ3v) is 5.06. The Labute approximate surface area is 162 Å². The SMILES string of the molecule is Cc1ccc(OC(C)C(=O)NC2CCN(c3ncccn3)CC2)c(Br)c1. The Balaban J connectivity index is 1.49. The number of halogens is 1. The Kier molecular flexibility index (Phi) is 6.08. The smallest absolute Gasteiger partial charge is 0.260 e. The first-order chi connectivity index (χ1) is 12.5. The number of benzene rings is 1. The van der Waals surface area contributed by atoms with Crippen molar-refractivity contribution in [2.24, 2.45) is 0 Å². The van der Waals surface area contributed by atoms with Gasteiger partial charge in [0.15, 0.2) is 6.10 Å². The average Bonchev–Trinajstić information content (AvgIpc) is 2.65. The van der Waals surface area contributed by atoms with Crippen molar-refractivity contribution in [3.05, 3.63) is 46.7 Å². The molecule has 1 fully saturated rings. The molecule has 2 heterocycles. The van der Waals surface area contributed by atoms with E-state index in [9.17, 15) is 4.79 Å². The first-order valence-corrected chi connectivity index (χ1v) is 9.57. The van der Waals surface area contributed by atoms with Gasteiger partial charge in [0, 0.05) is 31.5 Å². The molecule has 3 rings (SSSR count). The molecule has 26 heavy (non-hydrogen) atoms. The number of nitrogens with zero attached hydrogens (tertiary/aromatic N) is 3. The molecule has 1 unspecified atom stereocenters. The summed E-state index contributed by atoms with van der Waals surface area (Å²) in [5, 5.41) is 3.10. The molecule has 1 aromatic carbocycles. The van der Waals surface area contributed by atoms with Crippen molar-refractivity contribution in [1.29, 1.82) is 0 Å². The second kappa shape index (κ2) is 8.49. The molecule has 1 amide bonds. The van der Waals surface area contributed by atoms with E-state index in [-0.39, 0.29) is 11.9 Å². The van der Waals surface area contributed by atoms with Gasteiger partial charge in [-0.15, -0.1) is 0 Å². The Hall–Kier alpha value is -2.15. The second-order valence-corrected chi connectivity index (χ2v) is 7.37. The minimum absolute atomic E-state index is 0.0908. The van der Waals surface area contributed by atoms with Gasteiger partial charge in [-0.25, -0.2) is 9.97 Å². The van der Waals surface area contributed by atoms with Gasteiger partial charge in [-0.2, -0.15) is 0 Å². The maximum atomic E-state index is 12.5. The lowest BCUT2D eigenvalue weighted by atomic mass is 10.1. The van der Waals surface area contributed by atoms with Crippen LogP contribution in [0.4, 0.5) is 5.95 Å². The van der Waals surface area contributed by atoms with E-state index >= 15 is 0 Å². The summed E-state index contributed by atoms with van der Waals surface area (Å²) >= 11 is 3.48. The Morgan fingerprint density at radius 1 is 1.31 bits per heavy atom. The maximum Gasteiger partial charge on any atom is 0.260 e. The first-order valence-electron chi connectivity index (χ1n) is 8.78. The first kappa shape index (κ1) is 18.6. The summed E-state index contributed by atoms with van der Waals surface area (Å²) in [6, 6.07) is 7.77. The Morgan fingerprint density at radius 2 is 2.00 bits per heavy atom. The number of carbonyl (C=O) groups is 1. The number of piperidine rings is 1. The maximum absolute atomic E-state index is 12.5. The average molecular weight is 419 g/mol. The highest BCUT2D eigenvalue weighted by molar-refractivity contribution is 9.10. The van der Waals surface area contributed by atoms with Crippen LogP contribution >= 0.6 is 15.9 Å². The molecule has 6 nitrogen and oxygen atoms in total. The molecule has 1 aromatic heterocycles. The molecule has 138 valence electrons. The zero-order valence-electron chi connectivity index (χ0n) is 15.0. The highest BCUT2D eigenvalue weighted by Gasteiger charge is 2.24. The zero-order valence-corrected chi connectivity index (χ0v) is 16.6. The van der Waals surface area contributed by atoms with E-state index < -0.39 is 6.10 Å². The van der Waals surface area contributed by atoms with Gasteiger partial charge in [0.2, 0.25) is 5.95 Å².